The molecule has 0 bridgehead atoms. The standard InChI is InChI=1S/C5H11NO/c1-3-5(2)7-4-6/h3H,4,6H2,1-2H3/b5-3-. The van der Waals surface area contributed by atoms with E-state index in [0.29, 0.717) is 0 Å². The first-order chi connectivity index (χ1) is 3.31. The van der Waals surface area contributed by atoms with Crippen LogP contribution in [0.2, 0.25) is 0 Å². The molecule has 0 aromatic carbocycles. The average molecular weight is 101 g/mol. The summed E-state index contributed by atoms with van der Waals surface area (Å²) in [7, 11) is 0. The van der Waals surface area contributed by atoms with Gasteiger partial charge < -0.3 is 4.74 Å². The molecule has 0 fully saturated rings. The van der Waals surface area contributed by atoms with Crippen LogP contribution in [-0.4, -0.2) is 6.73 Å². The van der Waals surface area contributed by atoms with Crippen molar-refractivity contribution in [2.75, 3.05) is 6.73 Å². The summed E-state index contributed by atoms with van der Waals surface area (Å²) in [5.41, 5.74) is 5.04. The van der Waals surface area contributed by atoms with E-state index in [0.717, 1.165) is 5.76 Å². The summed E-state index contributed by atoms with van der Waals surface area (Å²) in [4.78, 5) is 0. The molecule has 0 aliphatic heterocycles. The lowest BCUT2D eigenvalue weighted by molar-refractivity contribution is 0.222. The monoisotopic (exact) mass is 101 g/mol. The van der Waals surface area contributed by atoms with E-state index in [2.05, 4.69) is 0 Å². The minimum Gasteiger partial charge on any atom is -0.484 e. The van der Waals surface area contributed by atoms with Gasteiger partial charge in [-0.25, -0.2) is 0 Å². The van der Waals surface area contributed by atoms with Crippen molar-refractivity contribution < 1.29 is 4.74 Å². The van der Waals surface area contributed by atoms with Crippen LogP contribution >= 0.6 is 0 Å². The van der Waals surface area contributed by atoms with Crippen LogP contribution in [0.4, 0.5) is 0 Å². The molecule has 0 rings (SSSR count). The third-order valence-corrected chi connectivity index (χ3v) is 0.718. The molecule has 42 valence electrons. The molecule has 2 nitrogen and oxygen atoms in total. The summed E-state index contributed by atoms with van der Waals surface area (Å²) >= 11 is 0. The molecule has 0 saturated carbocycles. The molecule has 0 atom stereocenters. The summed E-state index contributed by atoms with van der Waals surface area (Å²) in [5, 5.41) is 0. The minimum atomic E-state index is 0.274. The van der Waals surface area contributed by atoms with E-state index < -0.39 is 0 Å². The van der Waals surface area contributed by atoms with Crippen LogP contribution in [0.5, 0.6) is 0 Å². The minimum absolute atomic E-state index is 0.274. The Morgan fingerprint density at radius 2 is 2.43 bits per heavy atom. The maximum atomic E-state index is 5.04. The van der Waals surface area contributed by atoms with E-state index in [1.807, 2.05) is 19.9 Å². The van der Waals surface area contributed by atoms with E-state index >= 15 is 0 Å². The quantitative estimate of drug-likeness (QED) is 0.413. The van der Waals surface area contributed by atoms with Gasteiger partial charge in [-0.1, -0.05) is 0 Å². The van der Waals surface area contributed by atoms with E-state index in [4.69, 9.17) is 10.5 Å². The maximum absolute atomic E-state index is 5.04. The third-order valence-electron chi connectivity index (χ3n) is 0.718. The largest absolute Gasteiger partial charge is 0.484 e. The zero-order valence-corrected chi connectivity index (χ0v) is 4.77. The van der Waals surface area contributed by atoms with Gasteiger partial charge in [-0.3, -0.25) is 5.73 Å². The van der Waals surface area contributed by atoms with Crippen molar-refractivity contribution in [1.29, 1.82) is 0 Å². The van der Waals surface area contributed by atoms with Gasteiger partial charge in [-0.15, -0.1) is 0 Å². The lowest BCUT2D eigenvalue weighted by atomic mass is 10.5. The van der Waals surface area contributed by atoms with Crippen molar-refractivity contribution in [2.24, 2.45) is 5.73 Å². The highest BCUT2D eigenvalue weighted by Gasteiger charge is 1.77. The van der Waals surface area contributed by atoms with Crippen molar-refractivity contribution in [1.82, 2.24) is 0 Å². The number of ether oxygens (including phenoxy) is 1. The lowest BCUT2D eigenvalue weighted by Crippen LogP contribution is -2.01. The molecule has 0 saturated heterocycles. The van der Waals surface area contributed by atoms with E-state index in [1.54, 1.807) is 0 Å². The highest BCUT2D eigenvalue weighted by Crippen LogP contribution is 1.89. The predicted octanol–water partition coefficient (Wildman–Crippen LogP) is 0.843. The Balaban J connectivity index is 3.17. The molecule has 7 heavy (non-hydrogen) atoms. The van der Waals surface area contributed by atoms with Crippen molar-refractivity contribution in [2.45, 2.75) is 13.8 Å². The van der Waals surface area contributed by atoms with Gasteiger partial charge in [0.2, 0.25) is 0 Å². The van der Waals surface area contributed by atoms with Crippen LogP contribution in [0.25, 0.3) is 0 Å². The van der Waals surface area contributed by atoms with Crippen LogP contribution in [0.15, 0.2) is 11.8 Å². The number of hydrogen-bond donors (Lipinski definition) is 1. The lowest BCUT2D eigenvalue weighted by Gasteiger charge is -1.97. The predicted molar refractivity (Wildman–Crippen MR) is 29.6 cm³/mol. The van der Waals surface area contributed by atoms with Gasteiger partial charge in [0, 0.05) is 0 Å². The SMILES string of the molecule is C/C=C(/C)OCN. The Morgan fingerprint density at radius 1 is 1.86 bits per heavy atom. The van der Waals surface area contributed by atoms with Gasteiger partial charge in [0.05, 0.1) is 5.76 Å². The van der Waals surface area contributed by atoms with Gasteiger partial charge in [0.15, 0.2) is 0 Å². The van der Waals surface area contributed by atoms with Crippen LogP contribution in [0, 0.1) is 0 Å². The Bertz CT molecular complexity index is 68.5. The molecule has 0 amide bonds. The Hall–Kier alpha value is -0.500. The third kappa shape index (κ3) is 3.33. The number of allylic oxidation sites excluding steroid dienone is 2. The Labute approximate surface area is 44.0 Å². The normalized spacial score (nSPS) is 11.6. The molecule has 2 N–H and O–H groups in total. The van der Waals surface area contributed by atoms with Crippen molar-refractivity contribution in [3.8, 4) is 0 Å². The van der Waals surface area contributed by atoms with Crippen molar-refractivity contribution in [3.63, 3.8) is 0 Å². The van der Waals surface area contributed by atoms with Crippen molar-refractivity contribution >= 4 is 0 Å². The fraction of sp³-hybridized carbons (Fsp3) is 0.600. The van der Waals surface area contributed by atoms with Crippen LogP contribution in [0.1, 0.15) is 13.8 Å². The smallest absolute Gasteiger partial charge is 0.136 e. The molecule has 0 radical (unpaired) electrons. The average Bonchev–Trinajstić information content (AvgIpc) is 1.68. The molecule has 2 heteroatoms. The molecular formula is C5H11NO. The van der Waals surface area contributed by atoms with E-state index in [9.17, 15) is 0 Å². The maximum Gasteiger partial charge on any atom is 0.136 e. The number of hydrogen-bond acceptors (Lipinski definition) is 2. The first kappa shape index (κ1) is 6.50. The number of nitrogens with two attached hydrogens (primary N) is 1. The van der Waals surface area contributed by atoms with E-state index in [-0.39, 0.29) is 6.73 Å². The van der Waals surface area contributed by atoms with Gasteiger partial charge >= 0.3 is 0 Å². The summed E-state index contributed by atoms with van der Waals surface area (Å²) in [6, 6.07) is 0. The van der Waals surface area contributed by atoms with Crippen LogP contribution in [0.3, 0.4) is 0 Å². The number of rotatable bonds is 2. The summed E-state index contributed by atoms with van der Waals surface area (Å²) in [5.74, 6) is 0.877. The highest BCUT2D eigenvalue weighted by atomic mass is 16.5. The molecule has 0 spiro atoms. The van der Waals surface area contributed by atoms with E-state index in [1.165, 1.54) is 0 Å². The van der Waals surface area contributed by atoms with Gasteiger partial charge in [0.25, 0.3) is 0 Å². The topological polar surface area (TPSA) is 35.2 Å². The first-order valence-electron chi connectivity index (χ1n) is 2.27. The van der Waals surface area contributed by atoms with Gasteiger partial charge in [-0.2, -0.15) is 0 Å². The summed E-state index contributed by atoms with van der Waals surface area (Å²) < 4.78 is 4.83. The molecule has 0 unspecified atom stereocenters. The van der Waals surface area contributed by atoms with Crippen LogP contribution < -0.4 is 5.73 Å². The molecule has 0 aromatic rings. The Morgan fingerprint density at radius 3 is 2.57 bits per heavy atom. The fourth-order valence-electron chi connectivity index (χ4n) is 0.215. The Kier molecular flexibility index (Phi) is 3.42. The van der Waals surface area contributed by atoms with Gasteiger partial charge in [-0.05, 0) is 19.9 Å². The van der Waals surface area contributed by atoms with Gasteiger partial charge in [0.1, 0.15) is 6.73 Å². The zero-order valence-electron chi connectivity index (χ0n) is 4.77. The first-order valence-corrected chi connectivity index (χ1v) is 2.27. The summed E-state index contributed by atoms with van der Waals surface area (Å²) in [6.07, 6.45) is 1.87. The molecular weight excluding hydrogens is 90.1 g/mol. The second-order valence-electron chi connectivity index (χ2n) is 1.21. The molecule has 0 aliphatic rings. The fourth-order valence-corrected chi connectivity index (χ4v) is 0.215. The second-order valence-corrected chi connectivity index (χ2v) is 1.21. The molecule has 0 heterocycles. The highest BCUT2D eigenvalue weighted by molar-refractivity contribution is 4.83. The molecule has 0 aromatic heterocycles. The van der Waals surface area contributed by atoms with Crippen molar-refractivity contribution in [3.05, 3.63) is 11.8 Å². The molecule has 0 aliphatic carbocycles. The second kappa shape index (κ2) is 3.68. The zero-order chi connectivity index (χ0) is 5.70. The van der Waals surface area contributed by atoms with Crippen LogP contribution in [-0.2, 0) is 4.74 Å². The summed E-state index contributed by atoms with van der Waals surface area (Å²) in [6.45, 7) is 4.05.